The molecule has 0 saturated heterocycles. The number of benzene rings is 2. The first-order valence-electron chi connectivity index (χ1n) is 6.31. The third-order valence-electron chi connectivity index (χ3n) is 3.34. The van der Waals surface area contributed by atoms with E-state index >= 15 is 0 Å². The lowest BCUT2D eigenvalue weighted by Crippen LogP contribution is -2.06. The number of hydrogen-bond donors (Lipinski definition) is 2. The lowest BCUT2D eigenvalue weighted by atomic mass is 10.1. The van der Waals surface area contributed by atoms with Crippen LogP contribution in [-0.4, -0.2) is 11.1 Å². The summed E-state index contributed by atoms with van der Waals surface area (Å²) in [7, 11) is 0. The fourth-order valence-electron chi connectivity index (χ4n) is 2.11. The number of hydrogen-bond acceptors (Lipinski definition) is 2. The average molecular weight is 290 g/mol. The molecule has 2 aromatic carbocycles. The van der Waals surface area contributed by atoms with Gasteiger partial charge in [0, 0.05) is 17.3 Å². The van der Waals surface area contributed by atoms with Crippen LogP contribution < -0.4 is 5.32 Å². The van der Waals surface area contributed by atoms with E-state index in [0.29, 0.717) is 12.1 Å². The first kappa shape index (κ1) is 14.4. The summed E-state index contributed by atoms with van der Waals surface area (Å²) in [5, 5.41) is 13.1. The van der Waals surface area contributed by atoms with Gasteiger partial charge in [-0.3, -0.25) is 0 Å². The summed E-state index contributed by atoms with van der Waals surface area (Å²) in [5.41, 5.74) is 4.14. The van der Waals surface area contributed by atoms with Gasteiger partial charge < -0.3 is 10.4 Å². The van der Waals surface area contributed by atoms with Crippen LogP contribution >= 0.6 is 11.6 Å². The van der Waals surface area contributed by atoms with Crippen LogP contribution in [-0.2, 0) is 6.54 Å². The Kier molecular flexibility index (Phi) is 4.30. The van der Waals surface area contributed by atoms with Gasteiger partial charge in [-0.05, 0) is 54.8 Å². The Morgan fingerprint density at radius 1 is 1.25 bits per heavy atom. The predicted molar refractivity (Wildman–Crippen MR) is 81.7 cm³/mol. The molecule has 2 aromatic rings. The fourth-order valence-corrected chi connectivity index (χ4v) is 2.33. The van der Waals surface area contributed by atoms with Crippen molar-refractivity contribution >= 4 is 23.3 Å². The van der Waals surface area contributed by atoms with Crippen LogP contribution in [0.3, 0.4) is 0 Å². The van der Waals surface area contributed by atoms with Gasteiger partial charge in [-0.15, -0.1) is 0 Å². The number of anilines is 1. The molecular weight excluding hydrogens is 274 g/mol. The topological polar surface area (TPSA) is 49.3 Å². The van der Waals surface area contributed by atoms with Gasteiger partial charge in [0.2, 0.25) is 0 Å². The number of aryl methyl sites for hydroxylation is 1. The predicted octanol–water partition coefficient (Wildman–Crippen LogP) is 4.27. The Morgan fingerprint density at radius 3 is 2.65 bits per heavy atom. The molecule has 0 aliphatic carbocycles. The second kappa shape index (κ2) is 5.97. The second-order valence-electron chi connectivity index (χ2n) is 4.71. The Labute approximate surface area is 123 Å². The van der Waals surface area contributed by atoms with Crippen LogP contribution in [0.25, 0.3) is 0 Å². The van der Waals surface area contributed by atoms with Crippen molar-refractivity contribution in [1.29, 1.82) is 0 Å². The second-order valence-corrected chi connectivity index (χ2v) is 5.14. The Bertz CT molecular complexity index is 653. The van der Waals surface area contributed by atoms with Crippen LogP contribution in [0.4, 0.5) is 5.69 Å². The van der Waals surface area contributed by atoms with Crippen LogP contribution in [0.1, 0.15) is 27.0 Å². The summed E-state index contributed by atoms with van der Waals surface area (Å²) in [6, 6.07) is 11.0. The lowest BCUT2D eigenvalue weighted by molar-refractivity contribution is 0.0696. The van der Waals surface area contributed by atoms with Crippen LogP contribution in [0.2, 0.25) is 5.02 Å². The number of rotatable bonds is 4. The summed E-state index contributed by atoms with van der Waals surface area (Å²) in [6.07, 6.45) is 0. The van der Waals surface area contributed by atoms with Gasteiger partial charge in [-0.25, -0.2) is 4.79 Å². The molecule has 0 aromatic heterocycles. The van der Waals surface area contributed by atoms with E-state index in [9.17, 15) is 4.79 Å². The summed E-state index contributed by atoms with van der Waals surface area (Å²) < 4.78 is 0. The van der Waals surface area contributed by atoms with Gasteiger partial charge in [-0.2, -0.15) is 0 Å². The molecule has 104 valence electrons. The molecule has 0 unspecified atom stereocenters. The van der Waals surface area contributed by atoms with Gasteiger partial charge in [0.25, 0.3) is 0 Å². The molecule has 4 heteroatoms. The van der Waals surface area contributed by atoms with Crippen molar-refractivity contribution in [2.75, 3.05) is 5.32 Å². The van der Waals surface area contributed by atoms with Crippen molar-refractivity contribution in [1.82, 2.24) is 0 Å². The zero-order chi connectivity index (χ0) is 14.7. The Hall–Kier alpha value is -2.00. The molecular formula is C16H16ClNO2. The van der Waals surface area contributed by atoms with E-state index in [1.54, 1.807) is 19.1 Å². The largest absolute Gasteiger partial charge is 0.478 e. The number of carboxylic acid groups (broad SMARTS) is 1. The van der Waals surface area contributed by atoms with E-state index in [-0.39, 0.29) is 0 Å². The molecule has 0 radical (unpaired) electrons. The minimum absolute atomic E-state index is 0.322. The van der Waals surface area contributed by atoms with Gasteiger partial charge in [-0.1, -0.05) is 23.7 Å². The molecule has 2 N–H and O–H groups in total. The quantitative estimate of drug-likeness (QED) is 0.884. The van der Waals surface area contributed by atoms with E-state index in [1.807, 2.05) is 31.2 Å². The highest BCUT2D eigenvalue weighted by molar-refractivity contribution is 6.30. The van der Waals surface area contributed by atoms with Crippen molar-refractivity contribution in [3.8, 4) is 0 Å². The fraction of sp³-hybridized carbons (Fsp3) is 0.188. The first-order valence-corrected chi connectivity index (χ1v) is 6.68. The maximum absolute atomic E-state index is 11.1. The van der Waals surface area contributed by atoms with Crippen molar-refractivity contribution in [2.24, 2.45) is 0 Å². The summed E-state index contributed by atoms with van der Waals surface area (Å²) in [5.74, 6) is -0.908. The van der Waals surface area contributed by atoms with Gasteiger partial charge in [0.15, 0.2) is 0 Å². The molecule has 0 bridgehead atoms. The average Bonchev–Trinajstić information content (AvgIpc) is 2.39. The molecule has 3 nitrogen and oxygen atoms in total. The van der Waals surface area contributed by atoms with Crippen LogP contribution in [0.5, 0.6) is 0 Å². The molecule has 0 saturated carbocycles. The number of carbonyl (C=O) groups is 1. The highest BCUT2D eigenvalue weighted by Crippen LogP contribution is 2.21. The van der Waals surface area contributed by atoms with Crippen LogP contribution in [0.15, 0.2) is 36.4 Å². The molecule has 0 atom stereocenters. The molecule has 0 spiro atoms. The summed E-state index contributed by atoms with van der Waals surface area (Å²) in [6.45, 7) is 4.44. The van der Waals surface area contributed by atoms with Crippen molar-refractivity contribution < 1.29 is 9.90 Å². The van der Waals surface area contributed by atoms with Crippen LogP contribution in [0, 0.1) is 13.8 Å². The standard InChI is InChI=1S/C16H16ClNO2/c1-10-8-13(17)7-6-12(10)9-18-15-5-3-4-14(11(15)2)16(19)20/h3-8,18H,9H2,1-2H3,(H,19,20). The molecule has 0 heterocycles. The van der Waals surface area contributed by atoms with Gasteiger partial charge in [0.05, 0.1) is 5.56 Å². The highest BCUT2D eigenvalue weighted by Gasteiger charge is 2.10. The highest BCUT2D eigenvalue weighted by atomic mass is 35.5. The molecule has 2 rings (SSSR count). The smallest absolute Gasteiger partial charge is 0.336 e. The molecule has 0 aliphatic heterocycles. The van der Waals surface area contributed by atoms with Crippen molar-refractivity contribution in [2.45, 2.75) is 20.4 Å². The van der Waals surface area contributed by atoms with Crippen molar-refractivity contribution in [3.05, 3.63) is 63.7 Å². The number of aromatic carboxylic acids is 1. The Morgan fingerprint density at radius 2 is 2.00 bits per heavy atom. The minimum atomic E-state index is -0.908. The van der Waals surface area contributed by atoms with Gasteiger partial charge in [0.1, 0.15) is 0 Å². The normalized spacial score (nSPS) is 10.3. The molecule has 0 aliphatic rings. The summed E-state index contributed by atoms with van der Waals surface area (Å²) in [4.78, 5) is 11.1. The third-order valence-corrected chi connectivity index (χ3v) is 3.57. The van der Waals surface area contributed by atoms with E-state index < -0.39 is 5.97 Å². The number of halogens is 1. The number of carboxylic acids is 1. The zero-order valence-electron chi connectivity index (χ0n) is 11.4. The maximum Gasteiger partial charge on any atom is 0.336 e. The van der Waals surface area contributed by atoms with E-state index in [2.05, 4.69) is 5.32 Å². The number of nitrogens with one attached hydrogen (secondary N) is 1. The Balaban J connectivity index is 2.19. The monoisotopic (exact) mass is 289 g/mol. The van der Waals surface area contributed by atoms with Gasteiger partial charge >= 0.3 is 5.97 Å². The molecule has 20 heavy (non-hydrogen) atoms. The molecule has 0 amide bonds. The maximum atomic E-state index is 11.1. The third kappa shape index (κ3) is 3.11. The SMILES string of the molecule is Cc1cc(Cl)ccc1CNc1cccc(C(=O)O)c1C. The molecule has 0 fully saturated rings. The van der Waals surface area contributed by atoms with Crippen molar-refractivity contribution in [3.63, 3.8) is 0 Å². The van der Waals surface area contributed by atoms with E-state index in [0.717, 1.165) is 27.4 Å². The summed E-state index contributed by atoms with van der Waals surface area (Å²) >= 11 is 5.93. The zero-order valence-corrected chi connectivity index (χ0v) is 12.2. The van der Waals surface area contributed by atoms with E-state index in [1.165, 1.54) is 0 Å². The minimum Gasteiger partial charge on any atom is -0.478 e. The first-order chi connectivity index (χ1) is 9.49. The lowest BCUT2D eigenvalue weighted by Gasteiger charge is -2.13. The van der Waals surface area contributed by atoms with E-state index in [4.69, 9.17) is 16.7 Å².